The van der Waals surface area contributed by atoms with Crippen LogP contribution in [0.5, 0.6) is 0 Å². The van der Waals surface area contributed by atoms with Crippen molar-refractivity contribution in [2.75, 3.05) is 6.54 Å². The van der Waals surface area contributed by atoms with E-state index in [4.69, 9.17) is 5.53 Å². The second-order valence-electron chi connectivity index (χ2n) is 1.82. The van der Waals surface area contributed by atoms with E-state index in [0.717, 1.165) is 6.42 Å². The summed E-state index contributed by atoms with van der Waals surface area (Å²) in [4.78, 5) is 13.2. The van der Waals surface area contributed by atoms with Crippen LogP contribution in [0, 0.1) is 0 Å². The van der Waals surface area contributed by atoms with Crippen molar-refractivity contribution in [2.24, 2.45) is 5.11 Å². The largest absolute Gasteiger partial charge is 0.352 e. The third kappa shape index (κ3) is 1.27. The first-order chi connectivity index (χ1) is 4.84. The molecule has 0 aliphatic carbocycles. The smallest absolute Gasteiger partial charge is 0.253 e. The molecule has 1 heterocycles. The number of nitrogens with one attached hydrogen (secondary N) is 1. The van der Waals surface area contributed by atoms with E-state index in [1.807, 2.05) is 0 Å². The van der Waals surface area contributed by atoms with Gasteiger partial charge in [-0.2, -0.15) is 0 Å². The van der Waals surface area contributed by atoms with Crippen LogP contribution in [0.25, 0.3) is 10.4 Å². The molecule has 0 unspecified atom stereocenters. The Morgan fingerprint density at radius 3 is 3.20 bits per heavy atom. The van der Waals surface area contributed by atoms with Gasteiger partial charge in [-0.05, 0) is 12.0 Å². The van der Waals surface area contributed by atoms with Crippen LogP contribution in [0.4, 0.5) is 0 Å². The van der Waals surface area contributed by atoms with Gasteiger partial charge in [0, 0.05) is 11.5 Å². The minimum absolute atomic E-state index is 0.175. The van der Waals surface area contributed by atoms with Crippen LogP contribution in [0.1, 0.15) is 6.42 Å². The lowest BCUT2D eigenvalue weighted by molar-refractivity contribution is -0.117. The van der Waals surface area contributed by atoms with Gasteiger partial charge in [0.1, 0.15) is 0 Å². The molecule has 1 aliphatic rings. The van der Waals surface area contributed by atoms with Crippen LogP contribution in [-0.4, -0.2) is 12.5 Å². The van der Waals surface area contributed by atoms with Crippen molar-refractivity contribution in [2.45, 2.75) is 6.42 Å². The van der Waals surface area contributed by atoms with Crippen LogP contribution in [0.15, 0.2) is 16.9 Å². The minimum atomic E-state index is -0.288. The summed E-state index contributed by atoms with van der Waals surface area (Å²) in [5, 5.41) is 5.74. The molecule has 0 fully saturated rings. The van der Waals surface area contributed by atoms with E-state index in [1.54, 1.807) is 6.08 Å². The van der Waals surface area contributed by atoms with Crippen LogP contribution >= 0.6 is 0 Å². The fraction of sp³-hybridized carbons (Fsp3) is 0.400. The zero-order valence-corrected chi connectivity index (χ0v) is 5.24. The lowest BCUT2D eigenvalue weighted by atomic mass is 10.2. The molecule has 0 atom stereocenters. The first-order valence-corrected chi connectivity index (χ1v) is 2.88. The summed E-state index contributed by atoms with van der Waals surface area (Å²) in [5.41, 5.74) is 8.15. The summed E-state index contributed by atoms with van der Waals surface area (Å²) >= 11 is 0. The van der Waals surface area contributed by atoms with Gasteiger partial charge in [0.15, 0.2) is 0 Å². The predicted octanol–water partition coefficient (Wildman–Crippen LogP) is 0.701. The molecule has 5 nitrogen and oxygen atoms in total. The van der Waals surface area contributed by atoms with Crippen LogP contribution in [0.2, 0.25) is 0 Å². The van der Waals surface area contributed by atoms with Gasteiger partial charge in [0.25, 0.3) is 5.91 Å². The van der Waals surface area contributed by atoms with E-state index >= 15 is 0 Å². The van der Waals surface area contributed by atoms with Crippen molar-refractivity contribution in [3.8, 4) is 0 Å². The number of nitrogens with zero attached hydrogens (tertiary/aromatic N) is 3. The maximum atomic E-state index is 10.7. The number of carbonyl (C=O) groups is 1. The molecule has 0 saturated heterocycles. The Labute approximate surface area is 57.3 Å². The summed E-state index contributed by atoms with van der Waals surface area (Å²) in [7, 11) is 0. The van der Waals surface area contributed by atoms with Gasteiger partial charge in [-0.3, -0.25) is 4.79 Å². The Hall–Kier alpha value is -1.48. The van der Waals surface area contributed by atoms with E-state index in [-0.39, 0.29) is 11.6 Å². The summed E-state index contributed by atoms with van der Waals surface area (Å²) in [6, 6.07) is 0. The first kappa shape index (κ1) is 6.64. The number of hydrogen-bond donors (Lipinski definition) is 1. The molecule has 1 aliphatic heterocycles. The van der Waals surface area contributed by atoms with Gasteiger partial charge < -0.3 is 5.32 Å². The fourth-order valence-corrected chi connectivity index (χ4v) is 0.712. The van der Waals surface area contributed by atoms with Crippen LogP contribution < -0.4 is 5.32 Å². The molecular formula is C5H6N4O. The van der Waals surface area contributed by atoms with E-state index in [1.165, 1.54) is 0 Å². The number of carbonyl (C=O) groups excluding carboxylic acids is 1. The van der Waals surface area contributed by atoms with E-state index in [2.05, 4.69) is 15.3 Å². The van der Waals surface area contributed by atoms with Crippen molar-refractivity contribution >= 4 is 5.91 Å². The molecule has 0 saturated carbocycles. The second kappa shape index (κ2) is 2.89. The van der Waals surface area contributed by atoms with Crippen molar-refractivity contribution < 1.29 is 4.79 Å². The normalized spacial score (nSPS) is 16.8. The number of amides is 1. The lowest BCUT2D eigenvalue weighted by Crippen LogP contribution is -2.28. The zero-order valence-electron chi connectivity index (χ0n) is 5.24. The predicted molar refractivity (Wildman–Crippen MR) is 34.9 cm³/mol. The van der Waals surface area contributed by atoms with Crippen LogP contribution in [-0.2, 0) is 4.79 Å². The minimum Gasteiger partial charge on any atom is -0.352 e. The van der Waals surface area contributed by atoms with Crippen molar-refractivity contribution in [3.05, 3.63) is 22.2 Å². The SMILES string of the molecule is [N-]=[N+]=NC1=CCCNC1=O. The third-order valence-corrected chi connectivity index (χ3v) is 1.15. The van der Waals surface area contributed by atoms with Gasteiger partial charge >= 0.3 is 0 Å². The third-order valence-electron chi connectivity index (χ3n) is 1.15. The summed E-state index contributed by atoms with van der Waals surface area (Å²) in [5.74, 6) is -0.288. The number of azide groups is 1. The van der Waals surface area contributed by atoms with E-state index in [9.17, 15) is 4.79 Å². The highest BCUT2D eigenvalue weighted by molar-refractivity contribution is 5.93. The zero-order chi connectivity index (χ0) is 7.40. The topological polar surface area (TPSA) is 77.9 Å². The Kier molecular flexibility index (Phi) is 1.92. The quantitative estimate of drug-likeness (QED) is 0.323. The molecule has 1 rings (SSSR count). The number of hydrogen-bond acceptors (Lipinski definition) is 2. The fourth-order valence-electron chi connectivity index (χ4n) is 0.712. The molecule has 5 heteroatoms. The summed E-state index contributed by atoms with van der Waals surface area (Å²) in [6.07, 6.45) is 2.36. The first-order valence-electron chi connectivity index (χ1n) is 2.88. The lowest BCUT2D eigenvalue weighted by Gasteiger charge is -2.07. The van der Waals surface area contributed by atoms with Gasteiger partial charge in [-0.15, -0.1) is 0 Å². The molecule has 0 spiro atoms. The molecule has 0 aromatic rings. The molecule has 0 aromatic carbocycles. The standard InChI is InChI=1S/C5H6N4O/c6-9-8-4-2-1-3-7-5(4)10/h2H,1,3H2,(H,7,10). The van der Waals surface area contributed by atoms with Crippen LogP contribution in [0.3, 0.4) is 0 Å². The van der Waals surface area contributed by atoms with Gasteiger partial charge in [-0.1, -0.05) is 11.2 Å². The second-order valence-corrected chi connectivity index (χ2v) is 1.82. The monoisotopic (exact) mass is 138 g/mol. The Bertz CT molecular complexity index is 226. The molecule has 52 valence electrons. The average molecular weight is 138 g/mol. The number of rotatable bonds is 1. The average Bonchev–Trinajstić information content (AvgIpc) is 1.94. The van der Waals surface area contributed by atoms with Crippen molar-refractivity contribution in [1.82, 2.24) is 5.32 Å². The highest BCUT2D eigenvalue weighted by Gasteiger charge is 2.09. The molecular weight excluding hydrogens is 132 g/mol. The summed E-state index contributed by atoms with van der Waals surface area (Å²) < 4.78 is 0. The van der Waals surface area contributed by atoms with Gasteiger partial charge in [-0.25, -0.2) is 0 Å². The van der Waals surface area contributed by atoms with E-state index in [0.29, 0.717) is 6.54 Å². The van der Waals surface area contributed by atoms with Crippen molar-refractivity contribution in [3.63, 3.8) is 0 Å². The molecule has 0 radical (unpaired) electrons. The summed E-state index contributed by atoms with van der Waals surface area (Å²) in [6.45, 7) is 0.628. The Balaban J connectivity index is 2.80. The molecule has 1 N–H and O–H groups in total. The Morgan fingerprint density at radius 1 is 1.80 bits per heavy atom. The highest BCUT2D eigenvalue weighted by Crippen LogP contribution is 2.03. The van der Waals surface area contributed by atoms with Gasteiger partial charge in [0.05, 0.1) is 5.70 Å². The molecule has 10 heavy (non-hydrogen) atoms. The highest BCUT2D eigenvalue weighted by atomic mass is 16.2. The molecule has 0 aromatic heterocycles. The maximum absolute atomic E-state index is 10.7. The van der Waals surface area contributed by atoms with E-state index < -0.39 is 0 Å². The van der Waals surface area contributed by atoms with Gasteiger partial charge in [0.2, 0.25) is 0 Å². The molecule has 1 amide bonds. The maximum Gasteiger partial charge on any atom is 0.253 e. The Morgan fingerprint density at radius 2 is 2.60 bits per heavy atom. The van der Waals surface area contributed by atoms with Crippen molar-refractivity contribution in [1.29, 1.82) is 0 Å². The molecule has 0 bridgehead atoms.